The molecular weight excluding hydrogens is 248 g/mol. The molecule has 1 amide bonds. The Bertz CT molecular complexity index is 329. The van der Waals surface area contributed by atoms with E-state index in [4.69, 9.17) is 22.7 Å². The second-order valence-corrected chi connectivity index (χ2v) is 5.97. The normalized spacial score (nSPS) is 28.5. The maximum atomic E-state index is 12.5. The molecule has 0 spiro atoms. The van der Waals surface area contributed by atoms with Gasteiger partial charge in [0.25, 0.3) is 0 Å². The largest absolute Gasteiger partial charge is 0.392 e. The van der Waals surface area contributed by atoms with Gasteiger partial charge in [-0.3, -0.25) is 4.79 Å². The fourth-order valence-electron chi connectivity index (χ4n) is 2.99. The Morgan fingerprint density at radius 2 is 2.11 bits per heavy atom. The second-order valence-electron chi connectivity index (χ2n) is 5.45. The zero-order chi connectivity index (χ0) is 13.1. The average molecular weight is 270 g/mol. The van der Waals surface area contributed by atoms with Gasteiger partial charge in [0.15, 0.2) is 0 Å². The molecule has 2 atom stereocenters. The van der Waals surface area contributed by atoms with E-state index in [0.717, 1.165) is 19.3 Å². The quantitative estimate of drug-likeness (QED) is 0.786. The summed E-state index contributed by atoms with van der Waals surface area (Å²) in [5.74, 6) is 0.175. The number of carbonyl (C=O) groups is 1. The van der Waals surface area contributed by atoms with Crippen LogP contribution in [0.2, 0.25) is 0 Å². The summed E-state index contributed by atoms with van der Waals surface area (Å²) in [4.78, 5) is 14.9. The highest BCUT2D eigenvalue weighted by Gasteiger charge is 2.35. The molecular formula is C13H22N2O2S. The molecule has 5 heteroatoms. The van der Waals surface area contributed by atoms with Crippen LogP contribution < -0.4 is 5.73 Å². The van der Waals surface area contributed by atoms with E-state index in [-0.39, 0.29) is 17.9 Å². The fraction of sp³-hybridized carbons (Fsp3) is 0.846. The molecule has 0 bridgehead atoms. The molecule has 2 N–H and O–H groups in total. The van der Waals surface area contributed by atoms with Gasteiger partial charge in [-0.05, 0) is 26.2 Å². The number of thiocarbonyl (C=S) groups is 1. The Labute approximate surface area is 114 Å². The maximum absolute atomic E-state index is 12.5. The number of rotatable bonds is 4. The zero-order valence-corrected chi connectivity index (χ0v) is 11.7. The van der Waals surface area contributed by atoms with Crippen molar-refractivity contribution in [2.75, 3.05) is 13.2 Å². The van der Waals surface area contributed by atoms with Crippen LogP contribution in [0.1, 0.15) is 39.0 Å². The predicted molar refractivity (Wildman–Crippen MR) is 74.3 cm³/mol. The van der Waals surface area contributed by atoms with E-state index < -0.39 is 0 Å². The van der Waals surface area contributed by atoms with Crippen LogP contribution in [0.4, 0.5) is 0 Å². The Morgan fingerprint density at radius 1 is 1.44 bits per heavy atom. The molecule has 1 heterocycles. The summed E-state index contributed by atoms with van der Waals surface area (Å²) in [6.07, 6.45) is 5.57. The van der Waals surface area contributed by atoms with Crippen molar-refractivity contribution >= 4 is 23.1 Å². The second kappa shape index (κ2) is 5.97. The molecule has 0 aromatic carbocycles. The summed E-state index contributed by atoms with van der Waals surface area (Å²) in [5.41, 5.74) is 5.63. The van der Waals surface area contributed by atoms with Crippen molar-refractivity contribution in [3.8, 4) is 0 Å². The lowest BCUT2D eigenvalue weighted by Crippen LogP contribution is -2.46. The van der Waals surface area contributed by atoms with E-state index in [1.807, 2.05) is 11.8 Å². The van der Waals surface area contributed by atoms with Crippen molar-refractivity contribution in [2.24, 2.45) is 11.7 Å². The van der Waals surface area contributed by atoms with Gasteiger partial charge < -0.3 is 15.4 Å². The van der Waals surface area contributed by atoms with Crippen molar-refractivity contribution in [2.45, 2.75) is 51.2 Å². The highest BCUT2D eigenvalue weighted by molar-refractivity contribution is 7.80. The monoisotopic (exact) mass is 270 g/mol. The van der Waals surface area contributed by atoms with Crippen molar-refractivity contribution in [1.82, 2.24) is 4.90 Å². The number of nitrogens with zero attached hydrogens (tertiary/aromatic N) is 1. The average Bonchev–Trinajstić information content (AvgIpc) is 2.95. The van der Waals surface area contributed by atoms with Gasteiger partial charge in [-0.1, -0.05) is 25.1 Å². The van der Waals surface area contributed by atoms with Gasteiger partial charge in [0, 0.05) is 6.04 Å². The third kappa shape index (κ3) is 3.20. The van der Waals surface area contributed by atoms with Crippen LogP contribution in [0.25, 0.3) is 0 Å². The molecule has 102 valence electrons. The third-order valence-corrected chi connectivity index (χ3v) is 4.05. The van der Waals surface area contributed by atoms with E-state index in [0.29, 0.717) is 24.2 Å². The van der Waals surface area contributed by atoms with Crippen molar-refractivity contribution in [1.29, 1.82) is 0 Å². The van der Waals surface area contributed by atoms with E-state index in [1.54, 1.807) is 0 Å². The van der Waals surface area contributed by atoms with Gasteiger partial charge >= 0.3 is 0 Å². The number of hydrogen-bond acceptors (Lipinski definition) is 3. The number of carbonyl (C=O) groups excluding carboxylic acids is 1. The molecule has 1 saturated heterocycles. The number of amides is 1. The van der Waals surface area contributed by atoms with Crippen molar-refractivity contribution < 1.29 is 9.53 Å². The zero-order valence-electron chi connectivity index (χ0n) is 10.9. The minimum absolute atomic E-state index is 0.00468. The lowest BCUT2D eigenvalue weighted by atomic mass is 10.0. The first-order valence-corrected chi connectivity index (χ1v) is 7.19. The minimum atomic E-state index is -0.00468. The molecule has 0 aromatic heterocycles. The smallest absolute Gasteiger partial charge is 0.228 e. The van der Waals surface area contributed by atoms with Crippen LogP contribution in [0.3, 0.4) is 0 Å². The van der Waals surface area contributed by atoms with Crippen LogP contribution in [-0.2, 0) is 9.53 Å². The summed E-state index contributed by atoms with van der Waals surface area (Å²) >= 11 is 4.98. The Morgan fingerprint density at radius 3 is 2.61 bits per heavy atom. The molecule has 2 rings (SSSR count). The molecule has 2 fully saturated rings. The Hall–Kier alpha value is -0.680. The molecule has 0 aromatic rings. The van der Waals surface area contributed by atoms with Crippen LogP contribution >= 0.6 is 12.2 Å². The SMILES string of the molecule is CC1CC(C(=O)N(CC(N)=S)C2CCCC2)CO1. The summed E-state index contributed by atoms with van der Waals surface area (Å²) < 4.78 is 5.49. The molecule has 2 unspecified atom stereocenters. The van der Waals surface area contributed by atoms with Crippen LogP contribution in [0.15, 0.2) is 0 Å². The highest BCUT2D eigenvalue weighted by atomic mass is 32.1. The fourth-order valence-corrected chi connectivity index (χ4v) is 3.13. The van der Waals surface area contributed by atoms with Crippen molar-refractivity contribution in [3.63, 3.8) is 0 Å². The first-order valence-electron chi connectivity index (χ1n) is 6.78. The summed E-state index contributed by atoms with van der Waals surface area (Å²) in [5, 5.41) is 0. The van der Waals surface area contributed by atoms with Gasteiger partial charge in [-0.25, -0.2) is 0 Å². The van der Waals surface area contributed by atoms with E-state index in [2.05, 4.69) is 0 Å². The van der Waals surface area contributed by atoms with Gasteiger partial charge in [0.1, 0.15) is 0 Å². The summed E-state index contributed by atoms with van der Waals surface area (Å²) in [6.45, 7) is 2.98. The van der Waals surface area contributed by atoms with Gasteiger partial charge in [-0.15, -0.1) is 0 Å². The number of nitrogens with two attached hydrogens (primary N) is 1. The first kappa shape index (κ1) is 13.7. The molecule has 18 heavy (non-hydrogen) atoms. The molecule has 4 nitrogen and oxygen atoms in total. The van der Waals surface area contributed by atoms with E-state index >= 15 is 0 Å². The molecule has 2 aliphatic rings. The maximum Gasteiger partial charge on any atom is 0.228 e. The van der Waals surface area contributed by atoms with Crippen LogP contribution in [0, 0.1) is 5.92 Å². The van der Waals surface area contributed by atoms with Gasteiger partial charge in [-0.2, -0.15) is 0 Å². The Kier molecular flexibility index (Phi) is 4.56. The molecule has 1 aliphatic heterocycles. The topological polar surface area (TPSA) is 55.6 Å². The lowest BCUT2D eigenvalue weighted by Gasteiger charge is -2.30. The Balaban J connectivity index is 2.02. The van der Waals surface area contributed by atoms with Gasteiger partial charge in [0.05, 0.1) is 30.2 Å². The number of ether oxygens (including phenoxy) is 1. The van der Waals surface area contributed by atoms with Gasteiger partial charge in [0.2, 0.25) is 5.91 Å². The lowest BCUT2D eigenvalue weighted by molar-refractivity contribution is -0.136. The highest BCUT2D eigenvalue weighted by Crippen LogP contribution is 2.27. The first-order chi connectivity index (χ1) is 8.58. The molecule has 1 saturated carbocycles. The minimum Gasteiger partial charge on any atom is -0.392 e. The number of hydrogen-bond donors (Lipinski definition) is 1. The summed E-state index contributed by atoms with van der Waals surface area (Å²) in [6, 6.07) is 0.329. The third-order valence-electron chi connectivity index (χ3n) is 3.92. The predicted octanol–water partition coefficient (Wildman–Crippen LogP) is 1.47. The van der Waals surface area contributed by atoms with E-state index in [1.165, 1.54) is 12.8 Å². The van der Waals surface area contributed by atoms with E-state index in [9.17, 15) is 4.79 Å². The molecule has 1 aliphatic carbocycles. The summed E-state index contributed by atoms with van der Waals surface area (Å²) in [7, 11) is 0. The van der Waals surface area contributed by atoms with Crippen LogP contribution in [-0.4, -0.2) is 41.1 Å². The molecule has 0 radical (unpaired) electrons. The van der Waals surface area contributed by atoms with Crippen LogP contribution in [0.5, 0.6) is 0 Å². The standard InChI is InChI=1S/C13H22N2O2S/c1-9-6-10(8-17-9)13(16)15(7-12(14)18)11-4-2-3-5-11/h9-11H,2-8H2,1H3,(H2,14,18). The van der Waals surface area contributed by atoms with Crippen molar-refractivity contribution in [3.05, 3.63) is 0 Å².